The molecular formula is C23H28ClN3O6S2. The Labute approximate surface area is 215 Å². The van der Waals surface area contributed by atoms with Gasteiger partial charge in [-0.05, 0) is 56.8 Å². The number of methoxy groups -OCH3 is 2. The minimum Gasteiger partial charge on any atom is -0.496 e. The molecule has 1 unspecified atom stereocenters. The number of nitrogens with one attached hydrogen (secondary N) is 3. The molecule has 1 amide bonds. The SMILES string of the molecule is COc1ccc(Cl)cc1C(=O)NCC1CCOc2cc(OC)c(S(=O)(=O)NC(=S)NC(C)C)cc21. The number of ether oxygens (including phenoxy) is 3. The molecule has 2 aromatic carbocycles. The molecule has 0 radical (unpaired) electrons. The van der Waals surface area contributed by atoms with Gasteiger partial charge in [-0.15, -0.1) is 0 Å². The van der Waals surface area contributed by atoms with Crippen molar-refractivity contribution in [1.82, 2.24) is 15.4 Å². The summed E-state index contributed by atoms with van der Waals surface area (Å²) in [5.74, 6) is 0.458. The highest BCUT2D eigenvalue weighted by Gasteiger charge is 2.29. The second-order valence-electron chi connectivity index (χ2n) is 8.16. The fourth-order valence-electron chi connectivity index (χ4n) is 3.69. The van der Waals surface area contributed by atoms with Crippen LogP contribution >= 0.6 is 23.8 Å². The van der Waals surface area contributed by atoms with Gasteiger partial charge < -0.3 is 24.8 Å². The predicted octanol–water partition coefficient (Wildman–Crippen LogP) is 3.21. The van der Waals surface area contributed by atoms with Crippen LogP contribution in [0.1, 0.15) is 42.1 Å². The maximum Gasteiger partial charge on any atom is 0.267 e. The minimum absolute atomic E-state index is 0.0182. The zero-order chi connectivity index (χ0) is 25.8. The van der Waals surface area contributed by atoms with E-state index in [0.717, 1.165) is 0 Å². The topological polar surface area (TPSA) is 115 Å². The van der Waals surface area contributed by atoms with Crippen LogP contribution in [0.3, 0.4) is 0 Å². The van der Waals surface area contributed by atoms with Gasteiger partial charge in [-0.25, -0.2) is 8.42 Å². The Bertz CT molecular complexity index is 1220. The zero-order valence-electron chi connectivity index (χ0n) is 19.8. The number of hydrogen-bond donors (Lipinski definition) is 3. The Kier molecular flexibility index (Phi) is 8.68. The van der Waals surface area contributed by atoms with E-state index in [9.17, 15) is 13.2 Å². The van der Waals surface area contributed by atoms with Crippen LogP contribution in [0.5, 0.6) is 17.2 Å². The van der Waals surface area contributed by atoms with Crippen LogP contribution in [-0.2, 0) is 10.0 Å². The lowest BCUT2D eigenvalue weighted by molar-refractivity contribution is 0.0945. The summed E-state index contributed by atoms with van der Waals surface area (Å²) in [6.45, 7) is 4.34. The van der Waals surface area contributed by atoms with Crippen LogP contribution in [0.15, 0.2) is 35.2 Å². The summed E-state index contributed by atoms with van der Waals surface area (Å²) in [5, 5.41) is 6.13. The number of benzene rings is 2. The zero-order valence-corrected chi connectivity index (χ0v) is 22.2. The van der Waals surface area contributed by atoms with Crippen molar-refractivity contribution in [1.29, 1.82) is 0 Å². The maximum atomic E-state index is 13.1. The molecule has 9 nitrogen and oxygen atoms in total. The number of rotatable bonds is 8. The average molecular weight is 542 g/mol. The lowest BCUT2D eigenvalue weighted by Crippen LogP contribution is -2.42. The summed E-state index contributed by atoms with van der Waals surface area (Å²) < 4.78 is 44.9. The smallest absolute Gasteiger partial charge is 0.267 e. The molecule has 3 rings (SSSR count). The van der Waals surface area contributed by atoms with Crippen LogP contribution < -0.4 is 29.6 Å². The fourth-order valence-corrected chi connectivity index (χ4v) is 5.53. The van der Waals surface area contributed by atoms with Gasteiger partial charge in [0, 0.05) is 35.2 Å². The molecule has 0 saturated carbocycles. The molecule has 12 heteroatoms. The van der Waals surface area contributed by atoms with Gasteiger partial charge in [0.05, 0.1) is 26.4 Å². The first-order valence-electron chi connectivity index (χ1n) is 10.9. The van der Waals surface area contributed by atoms with E-state index in [1.165, 1.54) is 32.4 Å². The molecule has 2 aromatic rings. The predicted molar refractivity (Wildman–Crippen MR) is 137 cm³/mol. The van der Waals surface area contributed by atoms with Crippen molar-refractivity contribution in [2.45, 2.75) is 37.1 Å². The van der Waals surface area contributed by atoms with Crippen LogP contribution in [0.4, 0.5) is 0 Å². The number of carbonyl (C=O) groups excluding carboxylic acids is 1. The molecule has 0 aromatic heterocycles. The monoisotopic (exact) mass is 541 g/mol. The normalized spacial score (nSPS) is 15.0. The molecule has 1 aliphatic rings. The van der Waals surface area contributed by atoms with Crippen molar-refractivity contribution in [2.75, 3.05) is 27.4 Å². The van der Waals surface area contributed by atoms with Crippen molar-refractivity contribution in [3.05, 3.63) is 46.5 Å². The van der Waals surface area contributed by atoms with E-state index in [1.54, 1.807) is 12.1 Å². The standard InChI is InChI=1S/C23H28ClN3O6S2/c1-13(2)26-23(34)27-35(29,30)21-10-16-14(7-8-33-19(16)11-20(21)32-4)12-25-22(28)17-9-15(24)5-6-18(17)31-3/h5-6,9-11,13-14H,7-8,12H2,1-4H3,(H,25,28)(H2,26,27,34). The van der Waals surface area contributed by atoms with E-state index < -0.39 is 10.0 Å². The first kappa shape index (κ1) is 26.8. The minimum atomic E-state index is -4.05. The summed E-state index contributed by atoms with van der Waals surface area (Å²) in [4.78, 5) is 12.8. The van der Waals surface area contributed by atoms with Gasteiger partial charge >= 0.3 is 0 Å². The van der Waals surface area contributed by atoms with E-state index in [1.807, 2.05) is 13.8 Å². The number of halogens is 1. The van der Waals surface area contributed by atoms with Gasteiger partial charge in [0.2, 0.25) is 0 Å². The average Bonchev–Trinajstić information content (AvgIpc) is 2.80. The molecule has 1 atom stereocenters. The van der Waals surface area contributed by atoms with Gasteiger partial charge in [-0.2, -0.15) is 0 Å². The number of hydrogen-bond acceptors (Lipinski definition) is 7. The first-order valence-corrected chi connectivity index (χ1v) is 13.1. The van der Waals surface area contributed by atoms with Crippen molar-refractivity contribution >= 4 is 44.9 Å². The molecule has 0 aliphatic carbocycles. The number of fused-ring (bicyclic) bond motifs is 1. The van der Waals surface area contributed by atoms with Crippen LogP contribution in [0.2, 0.25) is 5.02 Å². The molecule has 0 saturated heterocycles. The van der Waals surface area contributed by atoms with Crippen molar-refractivity contribution < 1.29 is 27.4 Å². The summed E-state index contributed by atoms with van der Waals surface area (Å²) in [5.41, 5.74) is 0.944. The van der Waals surface area contributed by atoms with Crippen molar-refractivity contribution in [3.8, 4) is 17.2 Å². The molecule has 1 heterocycles. The van der Waals surface area contributed by atoms with E-state index in [4.69, 9.17) is 38.0 Å². The molecular weight excluding hydrogens is 514 g/mol. The summed E-state index contributed by atoms with van der Waals surface area (Å²) in [7, 11) is -1.19. The largest absolute Gasteiger partial charge is 0.496 e. The Morgan fingerprint density at radius 1 is 1.20 bits per heavy atom. The Hall–Kier alpha value is -2.76. The van der Waals surface area contributed by atoms with Crippen LogP contribution in [-0.4, -0.2) is 52.9 Å². The van der Waals surface area contributed by atoms with Gasteiger partial charge in [0.1, 0.15) is 22.1 Å². The highest BCUT2D eigenvalue weighted by molar-refractivity contribution is 7.92. The fraction of sp³-hybridized carbons (Fsp3) is 0.391. The lowest BCUT2D eigenvalue weighted by Gasteiger charge is -2.27. The number of thiocarbonyl (C=S) groups is 1. The quantitative estimate of drug-likeness (QED) is 0.436. The second kappa shape index (κ2) is 11.3. The Morgan fingerprint density at radius 2 is 1.91 bits per heavy atom. The van der Waals surface area contributed by atoms with Gasteiger partial charge in [-0.1, -0.05) is 11.6 Å². The van der Waals surface area contributed by atoms with Crippen molar-refractivity contribution in [3.63, 3.8) is 0 Å². The first-order chi connectivity index (χ1) is 16.6. The highest BCUT2D eigenvalue weighted by atomic mass is 35.5. The summed E-state index contributed by atoms with van der Waals surface area (Å²) in [6.07, 6.45) is 0.576. The van der Waals surface area contributed by atoms with Gasteiger partial charge in [0.15, 0.2) is 5.11 Å². The third-order valence-electron chi connectivity index (χ3n) is 5.31. The third kappa shape index (κ3) is 6.47. The molecule has 190 valence electrons. The van der Waals surface area contributed by atoms with Crippen LogP contribution in [0.25, 0.3) is 0 Å². The molecule has 3 N–H and O–H groups in total. The van der Waals surface area contributed by atoms with Crippen molar-refractivity contribution in [2.24, 2.45) is 0 Å². The molecule has 35 heavy (non-hydrogen) atoms. The summed E-state index contributed by atoms with van der Waals surface area (Å²) in [6, 6.07) is 7.79. The van der Waals surface area contributed by atoms with Gasteiger partial charge in [-0.3, -0.25) is 9.52 Å². The van der Waals surface area contributed by atoms with E-state index in [-0.39, 0.29) is 40.2 Å². The molecule has 0 spiro atoms. The Morgan fingerprint density at radius 3 is 2.57 bits per heavy atom. The maximum absolute atomic E-state index is 13.1. The van der Waals surface area contributed by atoms with E-state index >= 15 is 0 Å². The van der Waals surface area contributed by atoms with E-state index in [2.05, 4.69) is 15.4 Å². The number of carbonyl (C=O) groups is 1. The van der Waals surface area contributed by atoms with Crippen LogP contribution in [0, 0.1) is 0 Å². The summed E-state index contributed by atoms with van der Waals surface area (Å²) >= 11 is 11.2. The molecule has 0 fully saturated rings. The third-order valence-corrected chi connectivity index (χ3v) is 7.27. The molecule has 0 bridgehead atoms. The van der Waals surface area contributed by atoms with E-state index in [0.29, 0.717) is 40.7 Å². The molecule has 1 aliphatic heterocycles. The number of amides is 1. The highest BCUT2D eigenvalue weighted by Crippen LogP contribution is 2.40. The van der Waals surface area contributed by atoms with Gasteiger partial charge in [0.25, 0.3) is 15.9 Å². The second-order valence-corrected chi connectivity index (χ2v) is 10.7. The lowest BCUT2D eigenvalue weighted by atomic mass is 9.92. The Balaban J connectivity index is 1.87. The number of sulfonamides is 1.